The van der Waals surface area contributed by atoms with Crippen molar-refractivity contribution in [3.05, 3.63) is 72.9 Å². The van der Waals surface area contributed by atoms with Crippen molar-refractivity contribution in [3.8, 4) is 0 Å². The van der Waals surface area contributed by atoms with Gasteiger partial charge in [0.1, 0.15) is 24.4 Å². The lowest BCUT2D eigenvalue weighted by Crippen LogP contribution is -2.61. The third kappa shape index (κ3) is 38.3. The minimum atomic E-state index is -1.62. The Morgan fingerprint density at radius 2 is 0.986 bits per heavy atom. The minimum absolute atomic E-state index is 0.118. The molecular weight excluding hydrogens is 919 g/mol. The SMILES string of the molecule is CC/C=C\C/C=C\C/C=C\C/C=C\C/C=C\CCC(O)C(=O)NC(COC1OC(CO)C(O)C(O)C1OC(=O)CCCCCCCCCCCCCCCCC)C(O)/C=C/CCCCCCCCCCCCC. The molecule has 1 fully saturated rings. The molecule has 0 saturated carbocycles. The van der Waals surface area contributed by atoms with Gasteiger partial charge in [-0.15, -0.1) is 0 Å². The predicted molar refractivity (Wildman–Crippen MR) is 301 cm³/mol. The van der Waals surface area contributed by atoms with Crippen molar-refractivity contribution in [2.24, 2.45) is 0 Å². The van der Waals surface area contributed by atoms with E-state index in [1.807, 2.05) is 18.2 Å². The summed E-state index contributed by atoms with van der Waals surface area (Å²) in [6.07, 6.45) is 52.3. The molecule has 0 radical (unpaired) electrons. The summed E-state index contributed by atoms with van der Waals surface area (Å²) in [5.74, 6) is -1.25. The Hall–Kier alpha value is -2.90. The molecule has 1 rings (SSSR count). The highest BCUT2D eigenvalue weighted by molar-refractivity contribution is 5.80. The molecule has 1 heterocycles. The van der Waals surface area contributed by atoms with Crippen LogP contribution in [0, 0.1) is 0 Å². The van der Waals surface area contributed by atoms with Gasteiger partial charge in [0.05, 0.1) is 25.4 Å². The fourth-order valence-corrected chi connectivity index (χ4v) is 8.92. The average molecular weight is 1030 g/mol. The second-order valence-corrected chi connectivity index (χ2v) is 20.4. The molecule has 11 heteroatoms. The number of allylic oxidation sites excluding steroid dienone is 11. The van der Waals surface area contributed by atoms with E-state index >= 15 is 0 Å². The Bertz CT molecular complexity index is 1460. The number of nitrogens with one attached hydrogen (secondary N) is 1. The summed E-state index contributed by atoms with van der Waals surface area (Å²) in [5.41, 5.74) is 0. The molecule has 1 saturated heterocycles. The van der Waals surface area contributed by atoms with Crippen LogP contribution in [0.1, 0.15) is 245 Å². The van der Waals surface area contributed by atoms with E-state index in [4.69, 9.17) is 14.2 Å². The second kappa shape index (κ2) is 49.9. The van der Waals surface area contributed by atoms with E-state index in [0.717, 1.165) is 77.0 Å². The van der Waals surface area contributed by atoms with Crippen LogP contribution in [0.2, 0.25) is 0 Å². The zero-order valence-corrected chi connectivity index (χ0v) is 46.5. The number of hydrogen-bond donors (Lipinski definition) is 6. The average Bonchev–Trinajstić information content (AvgIpc) is 3.39. The van der Waals surface area contributed by atoms with Crippen LogP contribution in [0.25, 0.3) is 0 Å². The number of esters is 1. The summed E-state index contributed by atoms with van der Waals surface area (Å²) in [5, 5.41) is 56.8. The lowest BCUT2D eigenvalue weighted by Gasteiger charge is -2.41. The summed E-state index contributed by atoms with van der Waals surface area (Å²) in [4.78, 5) is 26.5. The molecule has 0 spiro atoms. The van der Waals surface area contributed by atoms with E-state index in [1.54, 1.807) is 6.08 Å². The zero-order chi connectivity index (χ0) is 53.3. The second-order valence-electron chi connectivity index (χ2n) is 20.4. The fourth-order valence-electron chi connectivity index (χ4n) is 8.92. The van der Waals surface area contributed by atoms with E-state index < -0.39 is 67.4 Å². The maximum atomic E-state index is 13.4. The Morgan fingerprint density at radius 3 is 1.45 bits per heavy atom. The number of amides is 1. The monoisotopic (exact) mass is 1030 g/mol. The van der Waals surface area contributed by atoms with Crippen LogP contribution in [-0.2, 0) is 23.8 Å². The number of aliphatic hydroxyl groups excluding tert-OH is 5. The molecule has 0 aromatic heterocycles. The van der Waals surface area contributed by atoms with Crippen molar-refractivity contribution in [3.63, 3.8) is 0 Å². The summed E-state index contributed by atoms with van der Waals surface area (Å²) in [6, 6.07) is -1.05. The largest absolute Gasteiger partial charge is 0.454 e. The summed E-state index contributed by atoms with van der Waals surface area (Å²) < 4.78 is 17.6. The van der Waals surface area contributed by atoms with Gasteiger partial charge >= 0.3 is 5.97 Å². The Balaban J connectivity index is 2.77. The molecule has 8 unspecified atom stereocenters. The number of rotatable bonds is 49. The number of carbonyl (C=O) groups is 2. The smallest absolute Gasteiger partial charge is 0.306 e. The van der Waals surface area contributed by atoms with Crippen LogP contribution >= 0.6 is 0 Å². The summed E-state index contributed by atoms with van der Waals surface area (Å²) >= 11 is 0. The van der Waals surface area contributed by atoms with Crippen LogP contribution in [-0.4, -0.2) is 99.6 Å². The highest BCUT2D eigenvalue weighted by Gasteiger charge is 2.47. The van der Waals surface area contributed by atoms with E-state index in [2.05, 4.69) is 74.7 Å². The topological polar surface area (TPSA) is 175 Å². The Morgan fingerprint density at radius 1 is 0.548 bits per heavy atom. The first-order valence-electron chi connectivity index (χ1n) is 29.7. The first-order valence-corrected chi connectivity index (χ1v) is 29.7. The standard InChI is InChI=1S/C62H109NO10/c1-4-7-10-13-16-19-22-25-27-29-31-34-37-40-43-46-49-55(66)61(70)63-53(54(65)48-45-42-39-36-33-30-24-21-18-15-12-9-6-3)52-71-62-60(59(69)58(68)56(51-64)72-62)73-57(67)50-47-44-41-38-35-32-28-26-23-20-17-14-11-8-5-2/h7,10,16,19,25,27,31,34,40,43,45,48,53-56,58-60,62,64-66,68-69H,4-6,8-9,11-15,17-18,20-24,26,28-30,32-33,35-39,41-42,44,46-47,49-52H2,1-3H3,(H,63,70)/b10-7-,19-16-,27-25-,34-31-,43-40-,48-45+. The molecule has 0 bridgehead atoms. The van der Waals surface area contributed by atoms with Gasteiger partial charge < -0.3 is 45.1 Å². The third-order valence-corrected chi connectivity index (χ3v) is 13.6. The molecule has 8 atom stereocenters. The highest BCUT2D eigenvalue weighted by Crippen LogP contribution is 2.26. The number of ether oxygens (including phenoxy) is 3. The molecule has 0 aromatic rings. The molecule has 0 aliphatic carbocycles. The molecule has 11 nitrogen and oxygen atoms in total. The van der Waals surface area contributed by atoms with Crippen molar-refractivity contribution < 1.29 is 49.3 Å². The van der Waals surface area contributed by atoms with E-state index in [-0.39, 0.29) is 19.4 Å². The van der Waals surface area contributed by atoms with Gasteiger partial charge in [0.25, 0.3) is 0 Å². The van der Waals surface area contributed by atoms with Gasteiger partial charge in [-0.25, -0.2) is 0 Å². The number of aliphatic hydroxyl groups is 5. The molecule has 1 aliphatic heterocycles. The van der Waals surface area contributed by atoms with Gasteiger partial charge in [-0.05, 0) is 64.2 Å². The lowest BCUT2D eigenvalue weighted by molar-refractivity contribution is -0.305. The molecule has 1 amide bonds. The molecule has 0 aromatic carbocycles. The number of unbranched alkanes of at least 4 members (excludes halogenated alkanes) is 25. The van der Waals surface area contributed by atoms with Crippen LogP contribution in [0.5, 0.6) is 0 Å². The fraction of sp³-hybridized carbons (Fsp3) is 0.774. The molecule has 422 valence electrons. The Kier molecular flexibility index (Phi) is 46.6. The summed E-state index contributed by atoms with van der Waals surface area (Å²) in [6.45, 7) is 5.64. The summed E-state index contributed by atoms with van der Waals surface area (Å²) in [7, 11) is 0. The van der Waals surface area contributed by atoms with Gasteiger partial charge in [-0.3, -0.25) is 9.59 Å². The Labute approximate surface area is 445 Å². The van der Waals surface area contributed by atoms with Gasteiger partial charge in [0.2, 0.25) is 5.91 Å². The van der Waals surface area contributed by atoms with Crippen molar-refractivity contribution in [1.82, 2.24) is 5.32 Å². The van der Waals surface area contributed by atoms with Gasteiger partial charge in [0.15, 0.2) is 12.4 Å². The van der Waals surface area contributed by atoms with E-state index in [9.17, 15) is 35.1 Å². The number of carbonyl (C=O) groups excluding carboxylic acids is 2. The van der Waals surface area contributed by atoms with Crippen molar-refractivity contribution in [2.75, 3.05) is 13.2 Å². The van der Waals surface area contributed by atoms with Crippen molar-refractivity contribution in [1.29, 1.82) is 0 Å². The van der Waals surface area contributed by atoms with Crippen molar-refractivity contribution >= 4 is 11.9 Å². The van der Waals surface area contributed by atoms with Gasteiger partial charge in [-0.2, -0.15) is 0 Å². The normalized spacial score (nSPS) is 19.9. The van der Waals surface area contributed by atoms with Crippen LogP contribution in [0.15, 0.2) is 72.9 Å². The van der Waals surface area contributed by atoms with Crippen LogP contribution in [0.3, 0.4) is 0 Å². The highest BCUT2D eigenvalue weighted by atomic mass is 16.7. The maximum Gasteiger partial charge on any atom is 0.306 e. The zero-order valence-electron chi connectivity index (χ0n) is 46.5. The van der Waals surface area contributed by atoms with Crippen LogP contribution in [0.4, 0.5) is 0 Å². The number of hydrogen-bond acceptors (Lipinski definition) is 10. The maximum absolute atomic E-state index is 13.4. The minimum Gasteiger partial charge on any atom is -0.454 e. The molecular formula is C62H109NO10. The van der Waals surface area contributed by atoms with Crippen molar-refractivity contribution in [2.45, 2.75) is 294 Å². The predicted octanol–water partition coefficient (Wildman–Crippen LogP) is 13.6. The molecule has 6 N–H and O–H groups in total. The first kappa shape index (κ1) is 68.1. The molecule has 1 aliphatic rings. The van der Waals surface area contributed by atoms with E-state index in [0.29, 0.717) is 12.8 Å². The van der Waals surface area contributed by atoms with Crippen LogP contribution < -0.4 is 5.32 Å². The van der Waals surface area contributed by atoms with Gasteiger partial charge in [-0.1, -0.05) is 248 Å². The quantitative estimate of drug-likeness (QED) is 0.0195. The lowest BCUT2D eigenvalue weighted by atomic mass is 9.99. The molecule has 73 heavy (non-hydrogen) atoms. The van der Waals surface area contributed by atoms with Gasteiger partial charge in [0, 0.05) is 6.42 Å². The third-order valence-electron chi connectivity index (χ3n) is 13.6. The van der Waals surface area contributed by atoms with E-state index in [1.165, 1.54) is 122 Å². The first-order chi connectivity index (χ1) is 35.7.